The fourth-order valence-corrected chi connectivity index (χ4v) is 3.11. The molecule has 1 fully saturated rings. The van der Waals surface area contributed by atoms with Crippen molar-refractivity contribution in [1.29, 1.82) is 0 Å². The first-order chi connectivity index (χ1) is 8.93. The summed E-state index contributed by atoms with van der Waals surface area (Å²) < 4.78 is 25.4. The standard InChI is InChI=1S/C12H24N2O4S/c1-10(12(15)16)19(17,18)14-9-8-13-11-6-4-2-3-5-7-11/h10-11,13-14H,2-9H2,1H3,(H,15,16). The molecule has 0 radical (unpaired) electrons. The summed E-state index contributed by atoms with van der Waals surface area (Å²) >= 11 is 0. The summed E-state index contributed by atoms with van der Waals surface area (Å²) in [5, 5.41) is 10.6. The Morgan fingerprint density at radius 3 is 2.32 bits per heavy atom. The van der Waals surface area contributed by atoms with Gasteiger partial charge in [-0.3, -0.25) is 4.79 Å². The van der Waals surface area contributed by atoms with Crippen LogP contribution in [0, 0.1) is 0 Å². The van der Waals surface area contributed by atoms with E-state index in [2.05, 4.69) is 10.0 Å². The number of rotatable bonds is 7. The zero-order valence-corrected chi connectivity index (χ0v) is 12.2. The van der Waals surface area contributed by atoms with Gasteiger partial charge in [-0.25, -0.2) is 13.1 Å². The molecule has 0 aromatic carbocycles. The van der Waals surface area contributed by atoms with Crippen LogP contribution in [-0.2, 0) is 14.8 Å². The van der Waals surface area contributed by atoms with Gasteiger partial charge in [0.2, 0.25) is 10.0 Å². The molecule has 7 heteroatoms. The van der Waals surface area contributed by atoms with E-state index in [1.165, 1.54) is 32.6 Å². The first-order valence-corrected chi connectivity index (χ1v) is 8.43. The predicted octanol–water partition coefficient (Wildman–Crippen LogP) is 0.691. The lowest BCUT2D eigenvalue weighted by Gasteiger charge is -2.16. The maximum absolute atomic E-state index is 11.6. The zero-order valence-electron chi connectivity index (χ0n) is 11.4. The molecule has 0 aliphatic heterocycles. The summed E-state index contributed by atoms with van der Waals surface area (Å²) in [7, 11) is -3.76. The average Bonchev–Trinajstić information content (AvgIpc) is 2.62. The largest absolute Gasteiger partial charge is 0.480 e. The molecular formula is C12H24N2O4S. The van der Waals surface area contributed by atoms with Crippen LogP contribution in [0.2, 0.25) is 0 Å². The monoisotopic (exact) mass is 292 g/mol. The third-order valence-electron chi connectivity index (χ3n) is 3.53. The predicted molar refractivity (Wildman–Crippen MR) is 73.5 cm³/mol. The molecule has 112 valence electrons. The highest BCUT2D eigenvalue weighted by Crippen LogP contribution is 2.16. The van der Waals surface area contributed by atoms with Crippen LogP contribution in [0.25, 0.3) is 0 Å². The number of hydrogen-bond donors (Lipinski definition) is 3. The molecule has 1 aliphatic rings. The van der Waals surface area contributed by atoms with E-state index >= 15 is 0 Å². The highest BCUT2D eigenvalue weighted by molar-refractivity contribution is 7.90. The first kappa shape index (κ1) is 16.4. The summed E-state index contributed by atoms with van der Waals surface area (Å²) in [6.45, 7) is 1.94. The van der Waals surface area contributed by atoms with Gasteiger partial charge in [0.25, 0.3) is 0 Å². The van der Waals surface area contributed by atoms with E-state index in [1.54, 1.807) is 0 Å². The Morgan fingerprint density at radius 2 is 1.79 bits per heavy atom. The third kappa shape index (κ3) is 5.88. The lowest BCUT2D eigenvalue weighted by molar-refractivity contribution is -0.136. The van der Waals surface area contributed by atoms with Crippen molar-refractivity contribution in [2.45, 2.75) is 56.7 Å². The average molecular weight is 292 g/mol. The van der Waals surface area contributed by atoms with Crippen molar-refractivity contribution >= 4 is 16.0 Å². The molecule has 19 heavy (non-hydrogen) atoms. The molecule has 0 amide bonds. The van der Waals surface area contributed by atoms with Crippen molar-refractivity contribution in [2.75, 3.05) is 13.1 Å². The number of aliphatic carboxylic acids is 1. The summed E-state index contributed by atoms with van der Waals surface area (Å²) in [5.41, 5.74) is 0. The summed E-state index contributed by atoms with van der Waals surface area (Å²) in [6.07, 6.45) is 7.28. The molecule has 0 heterocycles. The number of hydrogen-bond acceptors (Lipinski definition) is 4. The van der Waals surface area contributed by atoms with Crippen molar-refractivity contribution < 1.29 is 18.3 Å². The maximum atomic E-state index is 11.6. The van der Waals surface area contributed by atoms with Gasteiger partial charge in [-0.05, 0) is 19.8 Å². The number of sulfonamides is 1. The van der Waals surface area contributed by atoms with Crippen LogP contribution in [0.5, 0.6) is 0 Å². The van der Waals surface area contributed by atoms with Gasteiger partial charge in [0.15, 0.2) is 5.25 Å². The minimum absolute atomic E-state index is 0.233. The molecule has 1 rings (SSSR count). The minimum Gasteiger partial charge on any atom is -0.480 e. The van der Waals surface area contributed by atoms with Crippen molar-refractivity contribution in [2.24, 2.45) is 0 Å². The van der Waals surface area contributed by atoms with E-state index in [9.17, 15) is 13.2 Å². The van der Waals surface area contributed by atoms with Gasteiger partial charge < -0.3 is 10.4 Å². The van der Waals surface area contributed by atoms with Gasteiger partial charge in [0.05, 0.1) is 0 Å². The van der Waals surface area contributed by atoms with Gasteiger partial charge in [-0.15, -0.1) is 0 Å². The van der Waals surface area contributed by atoms with Gasteiger partial charge in [-0.2, -0.15) is 0 Å². The highest BCUT2D eigenvalue weighted by Gasteiger charge is 2.26. The van der Waals surface area contributed by atoms with Crippen LogP contribution < -0.4 is 10.0 Å². The minimum atomic E-state index is -3.76. The quantitative estimate of drug-likeness (QED) is 0.474. The Morgan fingerprint density at radius 1 is 1.21 bits per heavy atom. The molecule has 1 atom stereocenters. The number of carboxylic acids is 1. The van der Waals surface area contributed by atoms with E-state index in [0.29, 0.717) is 12.6 Å². The van der Waals surface area contributed by atoms with E-state index in [0.717, 1.165) is 12.8 Å². The molecule has 0 aromatic rings. The van der Waals surface area contributed by atoms with Crippen LogP contribution in [0.1, 0.15) is 45.4 Å². The van der Waals surface area contributed by atoms with Crippen LogP contribution in [0.15, 0.2) is 0 Å². The smallest absolute Gasteiger partial charge is 0.323 e. The van der Waals surface area contributed by atoms with Crippen molar-refractivity contribution in [3.63, 3.8) is 0 Å². The third-order valence-corrected chi connectivity index (χ3v) is 5.27. The Labute approximate surface area is 115 Å². The molecule has 0 bridgehead atoms. The zero-order chi connectivity index (χ0) is 14.3. The normalized spacial score (nSPS) is 19.8. The van der Waals surface area contributed by atoms with Crippen LogP contribution in [0.3, 0.4) is 0 Å². The Kier molecular flexibility index (Phi) is 6.74. The van der Waals surface area contributed by atoms with E-state index < -0.39 is 21.2 Å². The Bertz CT molecular complexity index is 375. The fourth-order valence-electron chi connectivity index (χ4n) is 2.21. The van der Waals surface area contributed by atoms with Crippen LogP contribution in [0.4, 0.5) is 0 Å². The molecule has 3 N–H and O–H groups in total. The summed E-state index contributed by atoms with van der Waals surface area (Å²) in [4.78, 5) is 10.6. The topological polar surface area (TPSA) is 95.5 Å². The molecule has 6 nitrogen and oxygen atoms in total. The fraction of sp³-hybridized carbons (Fsp3) is 0.917. The van der Waals surface area contributed by atoms with Crippen molar-refractivity contribution in [3.05, 3.63) is 0 Å². The van der Waals surface area contributed by atoms with E-state index in [4.69, 9.17) is 5.11 Å². The second kappa shape index (κ2) is 7.81. The first-order valence-electron chi connectivity index (χ1n) is 6.88. The maximum Gasteiger partial charge on any atom is 0.323 e. The molecule has 0 aromatic heterocycles. The molecule has 0 saturated heterocycles. The lowest BCUT2D eigenvalue weighted by Crippen LogP contribution is -2.42. The van der Waals surface area contributed by atoms with Gasteiger partial charge in [-0.1, -0.05) is 25.7 Å². The number of carbonyl (C=O) groups is 1. The number of nitrogens with one attached hydrogen (secondary N) is 2. The van der Waals surface area contributed by atoms with E-state index in [-0.39, 0.29) is 6.54 Å². The van der Waals surface area contributed by atoms with E-state index in [1.807, 2.05) is 0 Å². The van der Waals surface area contributed by atoms with Crippen LogP contribution in [-0.4, -0.2) is 43.9 Å². The SMILES string of the molecule is CC(C(=O)O)S(=O)(=O)NCCNC1CCCCCC1. The Hall–Kier alpha value is -0.660. The van der Waals surface area contributed by atoms with Gasteiger partial charge in [0, 0.05) is 19.1 Å². The second-order valence-corrected chi connectivity index (χ2v) is 7.15. The molecule has 1 aliphatic carbocycles. The van der Waals surface area contributed by atoms with Crippen molar-refractivity contribution in [3.8, 4) is 0 Å². The van der Waals surface area contributed by atoms with Gasteiger partial charge in [0.1, 0.15) is 0 Å². The molecule has 1 saturated carbocycles. The van der Waals surface area contributed by atoms with Crippen LogP contribution >= 0.6 is 0 Å². The van der Waals surface area contributed by atoms with Crippen molar-refractivity contribution in [1.82, 2.24) is 10.0 Å². The molecule has 1 unspecified atom stereocenters. The molecular weight excluding hydrogens is 268 g/mol. The number of carboxylic acid groups (broad SMARTS) is 1. The summed E-state index contributed by atoms with van der Waals surface area (Å²) in [6, 6.07) is 0.462. The summed E-state index contributed by atoms with van der Waals surface area (Å²) in [5.74, 6) is -1.33. The van der Waals surface area contributed by atoms with Gasteiger partial charge >= 0.3 is 5.97 Å². The Balaban J connectivity index is 2.24. The highest BCUT2D eigenvalue weighted by atomic mass is 32.2. The second-order valence-electron chi connectivity index (χ2n) is 5.06. The lowest BCUT2D eigenvalue weighted by atomic mass is 10.1. The molecule has 0 spiro atoms.